The molecule has 0 amide bonds. The van der Waals surface area contributed by atoms with Gasteiger partial charge in [-0.25, -0.2) is 0 Å². The van der Waals surface area contributed by atoms with E-state index in [2.05, 4.69) is 78.7 Å². The molecule has 1 aliphatic rings. The third kappa shape index (κ3) is 8.06. The first kappa shape index (κ1) is 35.6. The Kier molecular flexibility index (Phi) is 10.1. The van der Waals surface area contributed by atoms with Crippen LogP contribution in [0.25, 0.3) is 10.8 Å². The molecule has 0 spiro atoms. The molecule has 0 unspecified atom stereocenters. The lowest BCUT2D eigenvalue weighted by molar-refractivity contribution is -0.143. The van der Waals surface area contributed by atoms with E-state index in [4.69, 9.17) is 0 Å². The minimum absolute atomic E-state index is 0.137. The van der Waals surface area contributed by atoms with Crippen LogP contribution in [0.5, 0.6) is 0 Å². The van der Waals surface area contributed by atoms with Crippen LogP contribution in [0.1, 0.15) is 48.1 Å². The number of nitrogens with zero attached hydrogens (tertiary/aromatic N) is 1. The molecule has 262 valence electrons. The first-order valence-electron chi connectivity index (χ1n) is 16.8. The number of para-hydroxylation sites is 1. The topological polar surface area (TPSA) is 15.3 Å². The molecular weight excluding hydrogens is 658 g/mol. The smallest absolute Gasteiger partial charge is 0.355 e. The van der Waals surface area contributed by atoms with Gasteiger partial charge in [0.25, 0.3) is 0 Å². The fourth-order valence-electron chi connectivity index (χ4n) is 6.74. The number of benzene rings is 5. The summed E-state index contributed by atoms with van der Waals surface area (Å²) in [6.45, 7) is 5.32. The van der Waals surface area contributed by atoms with Gasteiger partial charge in [-0.15, -0.1) is 0 Å². The lowest BCUT2D eigenvalue weighted by atomic mass is 9.84. The van der Waals surface area contributed by atoms with Crippen molar-refractivity contribution in [3.63, 3.8) is 0 Å². The molecule has 8 heteroatoms. The van der Waals surface area contributed by atoms with E-state index < -0.39 is 23.5 Å². The van der Waals surface area contributed by atoms with Crippen molar-refractivity contribution in [3.05, 3.63) is 173 Å². The van der Waals surface area contributed by atoms with Gasteiger partial charge in [0.05, 0.1) is 11.1 Å². The van der Waals surface area contributed by atoms with Gasteiger partial charge in [-0.3, -0.25) is 0 Å². The molecule has 1 heterocycles. The number of hydrogen-bond donors (Lipinski definition) is 1. The summed E-state index contributed by atoms with van der Waals surface area (Å²) in [5.74, 6) is 0. The number of halogens is 6. The van der Waals surface area contributed by atoms with Crippen LogP contribution in [0.3, 0.4) is 0 Å². The second kappa shape index (κ2) is 14.5. The second-order valence-corrected chi connectivity index (χ2v) is 13.2. The van der Waals surface area contributed by atoms with E-state index in [1.165, 1.54) is 22.5 Å². The van der Waals surface area contributed by atoms with Crippen LogP contribution in [0.15, 0.2) is 145 Å². The van der Waals surface area contributed by atoms with Crippen molar-refractivity contribution in [1.82, 2.24) is 0 Å². The Hall–Kier alpha value is -5.24. The number of aryl methyl sites for hydroxylation is 1. The van der Waals surface area contributed by atoms with Gasteiger partial charge < -0.3 is 10.2 Å². The van der Waals surface area contributed by atoms with E-state index >= 15 is 0 Å². The maximum atomic E-state index is 13.6. The van der Waals surface area contributed by atoms with Crippen LogP contribution in [-0.4, -0.2) is 6.54 Å². The highest BCUT2D eigenvalue weighted by molar-refractivity contribution is 5.97. The molecule has 0 saturated carbocycles. The van der Waals surface area contributed by atoms with Crippen molar-refractivity contribution >= 4 is 27.8 Å². The first-order chi connectivity index (χ1) is 24.3. The third-order valence-electron chi connectivity index (χ3n) is 9.33. The summed E-state index contributed by atoms with van der Waals surface area (Å²) in [4.78, 5) is 2.40. The zero-order valence-electron chi connectivity index (χ0n) is 28.3. The molecule has 0 bridgehead atoms. The summed E-state index contributed by atoms with van der Waals surface area (Å²) in [6, 6.07) is 31.5. The normalized spacial score (nSPS) is 15.4. The largest absolute Gasteiger partial charge is 0.416 e. The third-order valence-corrected chi connectivity index (χ3v) is 9.33. The van der Waals surface area contributed by atoms with Crippen LogP contribution in [0.2, 0.25) is 0 Å². The molecule has 0 atom stereocenters. The van der Waals surface area contributed by atoms with Gasteiger partial charge in [-0.05, 0) is 71.7 Å². The Bertz CT molecular complexity index is 2060. The summed E-state index contributed by atoms with van der Waals surface area (Å²) >= 11 is 0. The number of anilines is 3. The Morgan fingerprint density at radius 2 is 1.35 bits per heavy atom. The molecule has 2 nitrogen and oxygen atoms in total. The second-order valence-electron chi connectivity index (χ2n) is 13.2. The Morgan fingerprint density at radius 3 is 2.08 bits per heavy atom. The fraction of sp³-hybridized carbons (Fsp3) is 0.209. The van der Waals surface area contributed by atoms with Crippen molar-refractivity contribution in [2.75, 3.05) is 16.8 Å². The first-order valence-corrected chi connectivity index (χ1v) is 16.8. The van der Waals surface area contributed by atoms with E-state index in [1.54, 1.807) is 12.1 Å². The van der Waals surface area contributed by atoms with Gasteiger partial charge in [0.2, 0.25) is 0 Å². The summed E-state index contributed by atoms with van der Waals surface area (Å²) in [6.07, 6.45) is 2.27. The minimum Gasteiger partial charge on any atom is -0.355 e. The van der Waals surface area contributed by atoms with Crippen molar-refractivity contribution in [1.29, 1.82) is 0 Å². The van der Waals surface area contributed by atoms with Crippen LogP contribution in [0, 0.1) is 0 Å². The molecule has 0 fully saturated rings. The van der Waals surface area contributed by atoms with Gasteiger partial charge >= 0.3 is 12.4 Å². The number of fused-ring (bicyclic) bond motifs is 2. The van der Waals surface area contributed by atoms with Crippen LogP contribution >= 0.6 is 0 Å². The van der Waals surface area contributed by atoms with Crippen molar-refractivity contribution < 1.29 is 26.3 Å². The molecule has 0 aromatic heterocycles. The number of nitrogens with one attached hydrogen (secondary N) is 1. The van der Waals surface area contributed by atoms with E-state index in [1.807, 2.05) is 54.6 Å². The van der Waals surface area contributed by atoms with Gasteiger partial charge in [0, 0.05) is 40.1 Å². The summed E-state index contributed by atoms with van der Waals surface area (Å²) in [5, 5.41) is 4.44. The molecule has 5 aromatic carbocycles. The van der Waals surface area contributed by atoms with Gasteiger partial charge in [0.15, 0.2) is 0 Å². The Morgan fingerprint density at radius 1 is 0.686 bits per heavy atom. The quantitative estimate of drug-likeness (QED) is 0.116. The van der Waals surface area contributed by atoms with E-state index in [-0.39, 0.29) is 17.2 Å². The maximum absolute atomic E-state index is 13.6. The van der Waals surface area contributed by atoms with Crippen molar-refractivity contribution in [2.45, 2.75) is 50.9 Å². The van der Waals surface area contributed by atoms with E-state index in [9.17, 15) is 26.3 Å². The summed E-state index contributed by atoms with van der Waals surface area (Å²) in [7, 11) is 0. The molecule has 1 N–H and O–H groups in total. The number of allylic oxidation sites excluding steroid dienone is 6. The van der Waals surface area contributed by atoms with Crippen LogP contribution < -0.4 is 10.2 Å². The van der Waals surface area contributed by atoms with E-state index in [0.717, 1.165) is 23.9 Å². The number of hydrogen-bond acceptors (Lipinski definition) is 2. The van der Waals surface area contributed by atoms with Gasteiger partial charge in [0.1, 0.15) is 0 Å². The molecule has 0 aliphatic carbocycles. The zero-order chi connectivity index (χ0) is 36.2. The monoisotopic (exact) mass is 696 g/mol. The molecule has 0 saturated heterocycles. The predicted molar refractivity (Wildman–Crippen MR) is 195 cm³/mol. The lowest BCUT2D eigenvalue weighted by Crippen LogP contribution is -2.27. The van der Waals surface area contributed by atoms with E-state index in [0.29, 0.717) is 36.0 Å². The molecule has 1 aliphatic heterocycles. The zero-order valence-corrected chi connectivity index (χ0v) is 28.3. The predicted octanol–water partition coefficient (Wildman–Crippen LogP) is 12.6. The van der Waals surface area contributed by atoms with Crippen LogP contribution in [0.4, 0.5) is 43.4 Å². The highest BCUT2D eigenvalue weighted by Gasteiger charge is 2.39. The molecule has 51 heavy (non-hydrogen) atoms. The highest BCUT2D eigenvalue weighted by Crippen LogP contribution is 2.47. The van der Waals surface area contributed by atoms with Crippen molar-refractivity contribution in [2.24, 2.45) is 0 Å². The molecule has 6 rings (SSSR count). The standard InChI is InChI=1S/C43H38F6N2/c1-41(2)37-20-13-14-21-38(37)51(26-25-30-15-7-6-8-16-30)39(41)22-10-5-3-4-9-18-32-24-23-31-17-11-12-19-36(31)40(32)50-35-28-33(42(44,45)46)27-34(29-35)43(47,48)49/h3-8,10-17,19-24,27-29,50H,9,18,25-26H2,1-2H3/b4-3+,10-5+,39-22+. The Balaban J connectivity index is 1.20. The average Bonchev–Trinajstić information content (AvgIpc) is 3.32. The lowest BCUT2D eigenvalue weighted by Gasteiger charge is -2.27. The SMILES string of the molecule is CC1(C)\C(=C/C=C/C=C/CCc2ccc3ccccc3c2Nc2cc(C(F)(F)F)cc(C(F)(F)F)c2)N(CCc2ccccc2)c2ccccc21. The summed E-state index contributed by atoms with van der Waals surface area (Å²) in [5.41, 5.74) is 3.05. The van der Waals surface area contributed by atoms with Crippen molar-refractivity contribution in [3.8, 4) is 0 Å². The highest BCUT2D eigenvalue weighted by atomic mass is 19.4. The number of rotatable bonds is 10. The maximum Gasteiger partial charge on any atom is 0.416 e. The molecule has 5 aromatic rings. The van der Waals surface area contributed by atoms with Gasteiger partial charge in [-0.1, -0.05) is 123 Å². The number of alkyl halides is 6. The summed E-state index contributed by atoms with van der Waals surface area (Å²) < 4.78 is 81.6. The fourth-order valence-corrected chi connectivity index (χ4v) is 6.74. The minimum atomic E-state index is -4.94. The average molecular weight is 697 g/mol. The van der Waals surface area contributed by atoms with Crippen LogP contribution in [-0.2, 0) is 30.6 Å². The molecular formula is C43H38F6N2. The van der Waals surface area contributed by atoms with Gasteiger partial charge in [-0.2, -0.15) is 26.3 Å². The Labute approximate surface area is 294 Å². The molecule has 0 radical (unpaired) electrons.